The number of nitrogens with zero attached hydrogens (tertiary/aromatic N) is 1. The lowest BCUT2D eigenvalue weighted by Gasteiger charge is -2.29. The van der Waals surface area contributed by atoms with Gasteiger partial charge in [-0.25, -0.2) is 4.79 Å². The standard InChI is InChI=1S/C11H15NO3S2/c1-12-2-3-15-8(5-12)6-16-9-4-10(11(13)14)17-7-9/h4,7-8H,2-3,5-6H2,1H3,(H,13,14). The lowest BCUT2D eigenvalue weighted by Crippen LogP contribution is -2.41. The normalized spacial score (nSPS) is 21.6. The number of carboxylic acid groups (broad SMARTS) is 1. The molecule has 94 valence electrons. The van der Waals surface area contributed by atoms with Crippen LogP contribution < -0.4 is 0 Å². The second-order valence-electron chi connectivity index (χ2n) is 4.02. The van der Waals surface area contributed by atoms with Crippen LogP contribution in [0.1, 0.15) is 9.67 Å². The van der Waals surface area contributed by atoms with Gasteiger partial charge in [-0.3, -0.25) is 0 Å². The molecule has 1 fully saturated rings. The van der Waals surface area contributed by atoms with E-state index >= 15 is 0 Å². The molecule has 0 spiro atoms. The van der Waals surface area contributed by atoms with Crippen molar-refractivity contribution in [3.05, 3.63) is 16.3 Å². The second-order valence-corrected chi connectivity index (χ2v) is 6.02. The van der Waals surface area contributed by atoms with Crippen LogP contribution in [0.3, 0.4) is 0 Å². The van der Waals surface area contributed by atoms with E-state index in [0.29, 0.717) is 4.88 Å². The molecule has 2 heterocycles. The van der Waals surface area contributed by atoms with Gasteiger partial charge in [0, 0.05) is 29.1 Å². The Hall–Kier alpha value is -0.560. The van der Waals surface area contributed by atoms with Gasteiger partial charge in [0.05, 0.1) is 12.7 Å². The number of rotatable bonds is 4. The van der Waals surface area contributed by atoms with Crippen molar-refractivity contribution in [3.8, 4) is 0 Å². The van der Waals surface area contributed by atoms with Crippen molar-refractivity contribution in [1.82, 2.24) is 4.90 Å². The highest BCUT2D eigenvalue weighted by molar-refractivity contribution is 7.99. The van der Waals surface area contributed by atoms with E-state index in [2.05, 4.69) is 11.9 Å². The molecule has 2 rings (SSSR count). The van der Waals surface area contributed by atoms with Crippen LogP contribution in [-0.4, -0.2) is 54.6 Å². The molecular formula is C11H15NO3S2. The molecule has 6 heteroatoms. The molecule has 1 aromatic heterocycles. The summed E-state index contributed by atoms with van der Waals surface area (Å²) in [5.74, 6) is 0.0237. The Balaban J connectivity index is 1.82. The first-order valence-electron chi connectivity index (χ1n) is 5.40. The molecule has 0 radical (unpaired) electrons. The Morgan fingerprint density at radius 3 is 3.24 bits per heavy atom. The van der Waals surface area contributed by atoms with Crippen LogP contribution >= 0.6 is 23.1 Å². The van der Waals surface area contributed by atoms with Gasteiger partial charge < -0.3 is 14.7 Å². The number of morpholine rings is 1. The lowest BCUT2D eigenvalue weighted by atomic mass is 10.3. The van der Waals surface area contributed by atoms with E-state index in [1.165, 1.54) is 11.3 Å². The molecule has 0 bridgehead atoms. The van der Waals surface area contributed by atoms with E-state index in [1.54, 1.807) is 17.8 Å². The highest BCUT2D eigenvalue weighted by Crippen LogP contribution is 2.26. The Morgan fingerprint density at radius 2 is 2.59 bits per heavy atom. The minimum atomic E-state index is -0.851. The maximum absolute atomic E-state index is 10.7. The zero-order valence-electron chi connectivity index (χ0n) is 9.59. The Morgan fingerprint density at radius 1 is 1.76 bits per heavy atom. The van der Waals surface area contributed by atoms with Crippen LogP contribution in [0.25, 0.3) is 0 Å². The molecule has 1 atom stereocenters. The van der Waals surface area contributed by atoms with Crippen molar-refractivity contribution in [3.63, 3.8) is 0 Å². The fourth-order valence-electron chi connectivity index (χ4n) is 1.66. The van der Waals surface area contributed by atoms with Gasteiger partial charge in [0.1, 0.15) is 4.88 Å². The highest BCUT2D eigenvalue weighted by atomic mass is 32.2. The van der Waals surface area contributed by atoms with Gasteiger partial charge in [0.2, 0.25) is 0 Å². The number of likely N-dealkylation sites (N-methyl/N-ethyl adjacent to an activating group) is 1. The second kappa shape index (κ2) is 5.86. The van der Waals surface area contributed by atoms with E-state index in [0.717, 1.165) is 30.3 Å². The zero-order chi connectivity index (χ0) is 12.3. The molecule has 4 nitrogen and oxygen atoms in total. The third-order valence-electron chi connectivity index (χ3n) is 2.56. The predicted octanol–water partition coefficient (Wildman–Crippen LogP) is 1.87. The van der Waals surface area contributed by atoms with Crippen LogP contribution in [0.15, 0.2) is 16.3 Å². The smallest absolute Gasteiger partial charge is 0.345 e. The summed E-state index contributed by atoms with van der Waals surface area (Å²) in [6, 6.07) is 1.73. The van der Waals surface area contributed by atoms with Gasteiger partial charge in [0.15, 0.2) is 0 Å². The minimum absolute atomic E-state index is 0.243. The lowest BCUT2D eigenvalue weighted by molar-refractivity contribution is -0.00598. The average Bonchev–Trinajstić information content (AvgIpc) is 2.75. The number of thioether (sulfide) groups is 1. The maximum Gasteiger partial charge on any atom is 0.345 e. The summed E-state index contributed by atoms with van der Waals surface area (Å²) in [7, 11) is 2.09. The van der Waals surface area contributed by atoms with Gasteiger partial charge in [-0.05, 0) is 13.1 Å². The van der Waals surface area contributed by atoms with E-state index in [-0.39, 0.29) is 6.10 Å². The Labute approximate surface area is 109 Å². The Kier molecular flexibility index (Phi) is 4.44. The third-order valence-corrected chi connectivity index (χ3v) is 4.74. The predicted molar refractivity (Wildman–Crippen MR) is 69.2 cm³/mol. The topological polar surface area (TPSA) is 49.8 Å². The molecule has 0 saturated carbocycles. The SMILES string of the molecule is CN1CCOC(CSc2csc(C(=O)O)c2)C1. The van der Waals surface area contributed by atoms with Gasteiger partial charge >= 0.3 is 5.97 Å². The van der Waals surface area contributed by atoms with Crippen molar-refractivity contribution in [1.29, 1.82) is 0 Å². The molecular weight excluding hydrogens is 258 g/mol. The van der Waals surface area contributed by atoms with Crippen molar-refractivity contribution in [2.45, 2.75) is 11.0 Å². The molecule has 1 saturated heterocycles. The largest absolute Gasteiger partial charge is 0.477 e. The van der Waals surface area contributed by atoms with Crippen LogP contribution in [0.5, 0.6) is 0 Å². The first-order chi connectivity index (χ1) is 8.15. The van der Waals surface area contributed by atoms with Crippen molar-refractivity contribution in [2.75, 3.05) is 32.5 Å². The number of hydrogen-bond acceptors (Lipinski definition) is 5. The fraction of sp³-hybridized carbons (Fsp3) is 0.545. The fourth-order valence-corrected chi connectivity index (χ4v) is 3.54. The molecule has 1 aliphatic rings. The summed E-state index contributed by atoms with van der Waals surface area (Å²) >= 11 is 2.94. The zero-order valence-corrected chi connectivity index (χ0v) is 11.2. The Bertz CT molecular complexity index is 394. The van der Waals surface area contributed by atoms with E-state index in [9.17, 15) is 4.79 Å². The monoisotopic (exact) mass is 273 g/mol. The molecule has 17 heavy (non-hydrogen) atoms. The van der Waals surface area contributed by atoms with Crippen LogP contribution in [0.4, 0.5) is 0 Å². The number of carboxylic acids is 1. The average molecular weight is 273 g/mol. The third kappa shape index (κ3) is 3.70. The van der Waals surface area contributed by atoms with E-state index in [1.807, 2.05) is 5.38 Å². The summed E-state index contributed by atoms with van der Waals surface area (Å²) in [5, 5.41) is 10.7. The molecule has 1 aromatic rings. The molecule has 1 unspecified atom stereocenters. The van der Waals surface area contributed by atoms with Crippen molar-refractivity contribution < 1.29 is 14.6 Å². The quantitative estimate of drug-likeness (QED) is 0.849. The van der Waals surface area contributed by atoms with Crippen LogP contribution in [0.2, 0.25) is 0 Å². The molecule has 0 aromatic carbocycles. The molecule has 0 aliphatic carbocycles. The van der Waals surface area contributed by atoms with Crippen LogP contribution in [0, 0.1) is 0 Å². The van der Waals surface area contributed by atoms with Crippen molar-refractivity contribution >= 4 is 29.1 Å². The first kappa shape index (κ1) is 12.9. The van der Waals surface area contributed by atoms with Gasteiger partial charge in [-0.1, -0.05) is 0 Å². The maximum atomic E-state index is 10.7. The summed E-state index contributed by atoms with van der Waals surface area (Å²) in [6.07, 6.45) is 0.243. The molecule has 1 aliphatic heterocycles. The first-order valence-corrected chi connectivity index (χ1v) is 7.26. The van der Waals surface area contributed by atoms with Crippen LogP contribution in [-0.2, 0) is 4.74 Å². The van der Waals surface area contributed by atoms with E-state index < -0.39 is 5.97 Å². The highest BCUT2D eigenvalue weighted by Gasteiger charge is 2.18. The number of carbonyl (C=O) groups is 1. The van der Waals surface area contributed by atoms with Gasteiger partial charge in [-0.15, -0.1) is 23.1 Å². The number of thiophene rings is 1. The van der Waals surface area contributed by atoms with Gasteiger partial charge in [0.25, 0.3) is 0 Å². The number of hydrogen-bond donors (Lipinski definition) is 1. The summed E-state index contributed by atoms with van der Waals surface area (Å²) < 4.78 is 5.65. The van der Waals surface area contributed by atoms with Crippen molar-refractivity contribution in [2.24, 2.45) is 0 Å². The number of ether oxygens (including phenoxy) is 1. The van der Waals surface area contributed by atoms with E-state index in [4.69, 9.17) is 9.84 Å². The minimum Gasteiger partial charge on any atom is -0.477 e. The number of aromatic carboxylic acids is 1. The summed E-state index contributed by atoms with van der Waals surface area (Å²) in [4.78, 5) is 14.4. The molecule has 0 amide bonds. The summed E-state index contributed by atoms with van der Waals surface area (Å²) in [6.45, 7) is 2.72. The summed E-state index contributed by atoms with van der Waals surface area (Å²) in [5.41, 5.74) is 0. The van der Waals surface area contributed by atoms with Gasteiger partial charge in [-0.2, -0.15) is 0 Å². The molecule has 1 N–H and O–H groups in total.